The third-order valence-electron chi connectivity index (χ3n) is 2.04. The zero-order chi connectivity index (χ0) is 10.6. The lowest BCUT2D eigenvalue weighted by Gasteiger charge is -2.24. The highest BCUT2D eigenvalue weighted by Crippen LogP contribution is 2.25. The molecule has 0 bridgehead atoms. The molecule has 4 heteroatoms. The Morgan fingerprint density at radius 1 is 1.20 bits per heavy atom. The lowest BCUT2D eigenvalue weighted by molar-refractivity contribution is -0.295. The fraction of sp³-hybridized carbons (Fsp3) is 0.182. The lowest BCUT2D eigenvalue weighted by atomic mass is 10.1. The molecule has 0 fully saturated rings. The van der Waals surface area contributed by atoms with Crippen molar-refractivity contribution in [2.75, 3.05) is 0 Å². The largest absolute Gasteiger partial charge is 0.425 e. The molecule has 2 rings (SSSR count). The van der Waals surface area contributed by atoms with Gasteiger partial charge in [-0.25, -0.2) is 0 Å². The van der Waals surface area contributed by atoms with Crippen molar-refractivity contribution >= 4 is 6.47 Å². The van der Waals surface area contributed by atoms with Gasteiger partial charge in [0.25, 0.3) is 6.47 Å². The van der Waals surface area contributed by atoms with E-state index in [1.807, 2.05) is 30.3 Å². The summed E-state index contributed by atoms with van der Waals surface area (Å²) in [5.74, 6) is -1.33. The van der Waals surface area contributed by atoms with E-state index in [1.165, 1.54) is 12.5 Å². The van der Waals surface area contributed by atoms with Crippen LogP contribution in [0.5, 0.6) is 0 Å². The Labute approximate surface area is 87.1 Å². The smallest absolute Gasteiger partial charge is 0.422 e. The van der Waals surface area contributed by atoms with Gasteiger partial charge in [0.2, 0.25) is 0 Å². The zero-order valence-electron chi connectivity index (χ0n) is 7.96. The molecule has 1 aliphatic rings. The van der Waals surface area contributed by atoms with E-state index in [9.17, 15) is 4.79 Å². The third kappa shape index (κ3) is 2.10. The summed E-state index contributed by atoms with van der Waals surface area (Å²) < 4.78 is 15.1. The molecule has 0 unspecified atom stereocenters. The number of carbonyl (C=O) groups excluding carboxylic acids is 1. The molecule has 4 nitrogen and oxygen atoms in total. The van der Waals surface area contributed by atoms with Crippen LogP contribution in [0, 0.1) is 0 Å². The van der Waals surface area contributed by atoms with E-state index in [-0.39, 0.29) is 0 Å². The molecule has 0 aliphatic carbocycles. The van der Waals surface area contributed by atoms with Crippen LogP contribution in [0.3, 0.4) is 0 Å². The second kappa shape index (κ2) is 4.04. The Morgan fingerprint density at radius 2 is 1.87 bits per heavy atom. The molecule has 0 N–H and O–H groups in total. The third-order valence-corrected chi connectivity index (χ3v) is 2.04. The van der Waals surface area contributed by atoms with Crippen LogP contribution in [-0.2, 0) is 25.4 Å². The quantitative estimate of drug-likeness (QED) is 0.701. The summed E-state index contributed by atoms with van der Waals surface area (Å²) in [4.78, 5) is 10.3. The number of ether oxygens (including phenoxy) is 3. The van der Waals surface area contributed by atoms with Gasteiger partial charge in [-0.3, -0.25) is 4.79 Å². The number of rotatable bonds is 4. The van der Waals surface area contributed by atoms with Crippen molar-refractivity contribution in [1.29, 1.82) is 0 Å². The van der Waals surface area contributed by atoms with E-state index in [2.05, 4.69) is 0 Å². The molecular formula is C11H10O4. The van der Waals surface area contributed by atoms with E-state index in [0.717, 1.165) is 5.56 Å². The van der Waals surface area contributed by atoms with Crippen LogP contribution in [0.2, 0.25) is 0 Å². The fourth-order valence-corrected chi connectivity index (χ4v) is 1.39. The van der Waals surface area contributed by atoms with Crippen molar-refractivity contribution in [3.8, 4) is 0 Å². The highest BCUT2D eigenvalue weighted by atomic mass is 16.9. The van der Waals surface area contributed by atoms with E-state index < -0.39 is 5.97 Å². The minimum atomic E-state index is -1.33. The molecule has 0 amide bonds. The maximum atomic E-state index is 10.3. The van der Waals surface area contributed by atoms with Crippen LogP contribution in [-0.4, -0.2) is 12.4 Å². The van der Waals surface area contributed by atoms with E-state index in [4.69, 9.17) is 14.2 Å². The van der Waals surface area contributed by atoms with Crippen molar-refractivity contribution in [1.82, 2.24) is 0 Å². The van der Waals surface area contributed by atoms with Crippen molar-refractivity contribution < 1.29 is 19.0 Å². The van der Waals surface area contributed by atoms with Crippen LogP contribution in [0.1, 0.15) is 5.56 Å². The highest BCUT2D eigenvalue weighted by Gasteiger charge is 2.38. The van der Waals surface area contributed by atoms with E-state index in [0.29, 0.717) is 12.9 Å². The molecule has 0 spiro atoms. The van der Waals surface area contributed by atoms with Gasteiger partial charge in [0, 0.05) is 0 Å². The average molecular weight is 206 g/mol. The first-order valence-electron chi connectivity index (χ1n) is 4.51. The Balaban J connectivity index is 2.11. The Morgan fingerprint density at radius 3 is 2.47 bits per heavy atom. The van der Waals surface area contributed by atoms with Gasteiger partial charge in [0.1, 0.15) is 12.5 Å². The molecule has 1 aromatic carbocycles. The monoisotopic (exact) mass is 206 g/mol. The first kappa shape index (κ1) is 9.58. The summed E-state index contributed by atoms with van der Waals surface area (Å²) in [5, 5.41) is 0. The molecule has 0 radical (unpaired) electrons. The molecule has 0 atom stereocenters. The Kier molecular flexibility index (Phi) is 2.58. The van der Waals surface area contributed by atoms with Gasteiger partial charge in [-0.1, -0.05) is 30.3 Å². The van der Waals surface area contributed by atoms with Gasteiger partial charge in [0.15, 0.2) is 0 Å². The number of benzene rings is 1. The van der Waals surface area contributed by atoms with Crippen molar-refractivity contribution in [3.05, 3.63) is 48.4 Å². The van der Waals surface area contributed by atoms with Gasteiger partial charge in [-0.15, -0.1) is 0 Å². The SMILES string of the molecule is O=COC1(Cc2ccccc2)OC=CO1. The van der Waals surface area contributed by atoms with E-state index >= 15 is 0 Å². The Bertz CT molecular complexity index is 350. The maximum absolute atomic E-state index is 10.3. The molecule has 1 aromatic rings. The molecule has 78 valence electrons. The molecular weight excluding hydrogens is 196 g/mol. The molecule has 1 heterocycles. The summed E-state index contributed by atoms with van der Waals surface area (Å²) >= 11 is 0. The van der Waals surface area contributed by atoms with Gasteiger partial charge in [-0.05, 0) is 5.56 Å². The summed E-state index contributed by atoms with van der Waals surface area (Å²) in [6.45, 7) is 0.315. The second-order valence-electron chi connectivity index (χ2n) is 3.07. The predicted molar refractivity (Wildman–Crippen MR) is 51.3 cm³/mol. The molecule has 1 aliphatic heterocycles. The summed E-state index contributed by atoms with van der Waals surface area (Å²) in [7, 11) is 0. The van der Waals surface area contributed by atoms with Crippen molar-refractivity contribution in [2.45, 2.75) is 12.4 Å². The number of hydrogen-bond donors (Lipinski definition) is 0. The minimum absolute atomic E-state index is 0.315. The molecule has 0 aromatic heterocycles. The first-order valence-corrected chi connectivity index (χ1v) is 4.51. The first-order chi connectivity index (χ1) is 7.35. The van der Waals surface area contributed by atoms with Gasteiger partial charge < -0.3 is 14.2 Å². The van der Waals surface area contributed by atoms with Crippen LogP contribution in [0.15, 0.2) is 42.9 Å². The normalized spacial score (nSPS) is 16.5. The zero-order valence-corrected chi connectivity index (χ0v) is 7.96. The Hall–Kier alpha value is -1.97. The van der Waals surface area contributed by atoms with E-state index in [1.54, 1.807) is 0 Å². The molecule has 0 saturated heterocycles. The van der Waals surface area contributed by atoms with Gasteiger partial charge in [0.05, 0.1) is 6.42 Å². The minimum Gasteiger partial charge on any atom is -0.425 e. The second-order valence-corrected chi connectivity index (χ2v) is 3.07. The maximum Gasteiger partial charge on any atom is 0.422 e. The average Bonchev–Trinajstić information content (AvgIpc) is 2.69. The summed E-state index contributed by atoms with van der Waals surface area (Å²) in [5.41, 5.74) is 0.961. The summed E-state index contributed by atoms with van der Waals surface area (Å²) in [6, 6.07) is 9.51. The topological polar surface area (TPSA) is 44.8 Å². The van der Waals surface area contributed by atoms with Crippen LogP contribution in [0.4, 0.5) is 0 Å². The van der Waals surface area contributed by atoms with Crippen molar-refractivity contribution in [2.24, 2.45) is 0 Å². The van der Waals surface area contributed by atoms with Crippen LogP contribution >= 0.6 is 0 Å². The van der Waals surface area contributed by atoms with Gasteiger partial charge in [-0.2, -0.15) is 0 Å². The standard InChI is InChI=1S/C11H10O4/c12-9-15-11(13-6-7-14-11)8-10-4-2-1-3-5-10/h1-7,9H,8H2. The van der Waals surface area contributed by atoms with Crippen molar-refractivity contribution in [3.63, 3.8) is 0 Å². The highest BCUT2D eigenvalue weighted by molar-refractivity contribution is 5.38. The van der Waals surface area contributed by atoms with Crippen LogP contribution in [0.25, 0.3) is 0 Å². The number of carbonyl (C=O) groups is 1. The lowest BCUT2D eigenvalue weighted by Crippen LogP contribution is -2.35. The predicted octanol–water partition coefficient (Wildman–Crippen LogP) is 1.57. The summed E-state index contributed by atoms with van der Waals surface area (Å²) in [6.07, 6.45) is 3.05. The van der Waals surface area contributed by atoms with Crippen LogP contribution < -0.4 is 0 Å². The number of hydrogen-bond acceptors (Lipinski definition) is 4. The molecule has 15 heavy (non-hydrogen) atoms. The molecule has 0 saturated carbocycles. The fourth-order valence-electron chi connectivity index (χ4n) is 1.39. The van der Waals surface area contributed by atoms with Gasteiger partial charge >= 0.3 is 5.97 Å².